The molecule has 0 N–H and O–H groups in total. The third kappa shape index (κ3) is 24.4. The predicted octanol–water partition coefficient (Wildman–Crippen LogP) is 3.19. The second-order valence-corrected chi connectivity index (χ2v) is 4.65. The fourth-order valence-electron chi connectivity index (χ4n) is 1.02. The van der Waals surface area contributed by atoms with Gasteiger partial charge in [0.1, 0.15) is 4.91 Å². The Labute approximate surface area is 112 Å². The van der Waals surface area contributed by atoms with Gasteiger partial charge in [-0.15, -0.1) is 0 Å². The first kappa shape index (κ1) is 19.5. The van der Waals surface area contributed by atoms with Crippen molar-refractivity contribution in [2.45, 2.75) is 52.4 Å². The fourth-order valence-corrected chi connectivity index (χ4v) is 1.02. The molecular formula is C13H31N2O3+. The van der Waals surface area contributed by atoms with E-state index in [0.29, 0.717) is 13.2 Å². The maximum Gasteiger partial charge on any atom is 0.477 e. The Morgan fingerprint density at radius 1 is 0.833 bits per heavy atom. The Morgan fingerprint density at radius 2 is 1.17 bits per heavy atom. The summed E-state index contributed by atoms with van der Waals surface area (Å²) in [5, 5.41) is 0.241. The van der Waals surface area contributed by atoms with E-state index in [1.165, 1.54) is 0 Å². The summed E-state index contributed by atoms with van der Waals surface area (Å²) in [6.07, 6.45) is 6.24. The molecule has 5 nitrogen and oxygen atoms in total. The molecular weight excluding hydrogens is 232 g/mol. The molecule has 0 aromatic carbocycles. The van der Waals surface area contributed by atoms with Crippen molar-refractivity contribution in [3.8, 4) is 0 Å². The van der Waals surface area contributed by atoms with Gasteiger partial charge in [0.25, 0.3) is 0 Å². The molecule has 0 saturated heterocycles. The minimum atomic E-state index is 0.241. The molecule has 5 heteroatoms. The predicted molar refractivity (Wildman–Crippen MR) is 74.2 cm³/mol. The third-order valence-corrected chi connectivity index (χ3v) is 1.89. The van der Waals surface area contributed by atoms with Gasteiger partial charge in [-0.05, 0) is 34.0 Å². The molecule has 0 amide bonds. The SMILES string of the molecule is CCCCCO[N+](=O)OCCCCC.CN(C)C. The lowest BCUT2D eigenvalue weighted by atomic mass is 10.3. The van der Waals surface area contributed by atoms with Crippen LogP contribution >= 0.6 is 0 Å². The standard InChI is InChI=1S/C10H22NO3.C3H9N/c1-3-5-7-9-13-11(12)14-10-8-6-4-2;1-4(2)3/h3-10H2,1-2H3;1-3H3/q+1;. The molecule has 0 aromatic rings. The molecule has 18 heavy (non-hydrogen) atoms. The first-order valence-electron chi connectivity index (χ1n) is 6.88. The van der Waals surface area contributed by atoms with E-state index >= 15 is 0 Å². The van der Waals surface area contributed by atoms with Gasteiger partial charge in [0.05, 0.1) is 0 Å². The summed E-state index contributed by atoms with van der Waals surface area (Å²) < 4.78 is 0. The van der Waals surface area contributed by atoms with E-state index in [2.05, 4.69) is 13.8 Å². The van der Waals surface area contributed by atoms with Crippen molar-refractivity contribution in [3.05, 3.63) is 4.91 Å². The Balaban J connectivity index is 0. The summed E-state index contributed by atoms with van der Waals surface area (Å²) >= 11 is 0. The Kier molecular flexibility index (Phi) is 17.5. The topological polar surface area (TPSA) is 41.8 Å². The van der Waals surface area contributed by atoms with Crippen LogP contribution in [0.1, 0.15) is 52.4 Å². The van der Waals surface area contributed by atoms with Gasteiger partial charge in [-0.3, -0.25) is 0 Å². The lowest BCUT2D eigenvalue weighted by molar-refractivity contribution is -0.981. The van der Waals surface area contributed by atoms with Gasteiger partial charge in [-0.1, -0.05) is 39.5 Å². The maximum absolute atomic E-state index is 10.8. The van der Waals surface area contributed by atoms with Crippen LogP contribution in [-0.2, 0) is 9.68 Å². The van der Waals surface area contributed by atoms with E-state index in [1.807, 2.05) is 26.0 Å². The molecule has 0 aliphatic rings. The Bertz CT molecular complexity index is 159. The maximum atomic E-state index is 10.8. The van der Waals surface area contributed by atoms with E-state index in [4.69, 9.17) is 9.68 Å². The second kappa shape index (κ2) is 16.2. The summed E-state index contributed by atoms with van der Waals surface area (Å²) in [6, 6.07) is 0. The summed E-state index contributed by atoms with van der Waals surface area (Å²) in [4.78, 5) is 22.4. The molecule has 0 fully saturated rings. The molecule has 0 aromatic heterocycles. The van der Waals surface area contributed by atoms with Crippen molar-refractivity contribution >= 4 is 0 Å². The highest BCUT2D eigenvalue weighted by molar-refractivity contribution is 4.33. The zero-order valence-electron chi connectivity index (χ0n) is 12.8. The van der Waals surface area contributed by atoms with Crippen molar-refractivity contribution in [2.75, 3.05) is 34.4 Å². The van der Waals surface area contributed by atoms with Crippen LogP contribution in [0.2, 0.25) is 0 Å². The molecule has 0 rings (SSSR count). The van der Waals surface area contributed by atoms with Crippen LogP contribution in [0.15, 0.2) is 0 Å². The lowest BCUT2D eigenvalue weighted by Gasteiger charge is -1.95. The van der Waals surface area contributed by atoms with Crippen molar-refractivity contribution in [3.63, 3.8) is 0 Å². The minimum absolute atomic E-state index is 0.241. The van der Waals surface area contributed by atoms with Crippen LogP contribution in [0.4, 0.5) is 0 Å². The summed E-state index contributed by atoms with van der Waals surface area (Å²) in [5.41, 5.74) is 0. The average molecular weight is 263 g/mol. The molecule has 0 aliphatic carbocycles. The highest BCUT2D eigenvalue weighted by Gasteiger charge is 2.10. The third-order valence-electron chi connectivity index (χ3n) is 1.89. The summed E-state index contributed by atoms with van der Waals surface area (Å²) in [7, 11) is 6.00. The van der Waals surface area contributed by atoms with Gasteiger partial charge >= 0.3 is 5.09 Å². The van der Waals surface area contributed by atoms with E-state index < -0.39 is 0 Å². The highest BCUT2D eigenvalue weighted by atomic mass is 17.0. The zero-order valence-corrected chi connectivity index (χ0v) is 12.8. The largest absolute Gasteiger partial charge is 0.477 e. The Hall–Kier alpha value is -0.840. The molecule has 0 aliphatic heterocycles. The Morgan fingerprint density at radius 3 is 1.44 bits per heavy atom. The lowest BCUT2D eigenvalue weighted by Crippen LogP contribution is -2.12. The van der Waals surface area contributed by atoms with Gasteiger partial charge < -0.3 is 4.90 Å². The van der Waals surface area contributed by atoms with Crippen LogP contribution in [0, 0.1) is 4.91 Å². The van der Waals surface area contributed by atoms with Crippen molar-refractivity contribution < 1.29 is 14.8 Å². The monoisotopic (exact) mass is 263 g/mol. The molecule has 0 spiro atoms. The van der Waals surface area contributed by atoms with Crippen LogP contribution in [0.3, 0.4) is 0 Å². The number of nitrogens with zero attached hydrogens (tertiary/aromatic N) is 2. The van der Waals surface area contributed by atoms with Crippen molar-refractivity contribution in [2.24, 2.45) is 0 Å². The molecule has 0 unspecified atom stereocenters. The normalized spacial score (nSPS) is 9.67. The first-order valence-corrected chi connectivity index (χ1v) is 6.88. The number of rotatable bonds is 10. The number of unbranched alkanes of at least 4 members (excludes halogenated alkanes) is 4. The molecule has 0 saturated carbocycles. The molecule has 110 valence electrons. The van der Waals surface area contributed by atoms with Crippen LogP contribution in [0.25, 0.3) is 0 Å². The molecule has 0 radical (unpaired) electrons. The van der Waals surface area contributed by atoms with E-state index in [-0.39, 0.29) is 5.09 Å². The van der Waals surface area contributed by atoms with Crippen molar-refractivity contribution in [1.82, 2.24) is 4.90 Å². The van der Waals surface area contributed by atoms with Gasteiger partial charge in [0, 0.05) is 0 Å². The van der Waals surface area contributed by atoms with Crippen LogP contribution in [0.5, 0.6) is 0 Å². The average Bonchev–Trinajstić information content (AvgIpc) is 2.30. The van der Waals surface area contributed by atoms with E-state index in [0.717, 1.165) is 38.5 Å². The highest BCUT2D eigenvalue weighted by Crippen LogP contribution is 1.97. The minimum Gasteiger partial charge on any atom is -0.312 e. The first-order chi connectivity index (χ1) is 8.54. The molecule has 0 heterocycles. The number of hydrogen-bond donors (Lipinski definition) is 0. The fraction of sp³-hybridized carbons (Fsp3) is 1.00. The van der Waals surface area contributed by atoms with E-state index in [1.54, 1.807) is 0 Å². The van der Waals surface area contributed by atoms with Gasteiger partial charge in [-0.2, -0.15) is 9.68 Å². The van der Waals surface area contributed by atoms with Crippen LogP contribution in [-0.4, -0.2) is 44.3 Å². The summed E-state index contributed by atoms with van der Waals surface area (Å²) in [5.74, 6) is 0. The van der Waals surface area contributed by atoms with Gasteiger partial charge in [0.2, 0.25) is 0 Å². The van der Waals surface area contributed by atoms with Gasteiger partial charge in [0.15, 0.2) is 13.2 Å². The molecule has 0 atom stereocenters. The van der Waals surface area contributed by atoms with Crippen molar-refractivity contribution in [1.29, 1.82) is 0 Å². The smallest absolute Gasteiger partial charge is 0.312 e. The van der Waals surface area contributed by atoms with Gasteiger partial charge in [-0.25, -0.2) is 0 Å². The van der Waals surface area contributed by atoms with E-state index in [9.17, 15) is 4.91 Å². The summed E-state index contributed by atoms with van der Waals surface area (Å²) in [6.45, 7) is 5.11. The van der Waals surface area contributed by atoms with Crippen LogP contribution < -0.4 is 0 Å². The molecule has 0 bridgehead atoms. The second-order valence-electron chi connectivity index (χ2n) is 4.65. The quantitative estimate of drug-likeness (QED) is 0.448. The number of hydrogen-bond acceptors (Lipinski definition) is 4. The zero-order chi connectivity index (χ0) is 14.2.